The highest BCUT2D eigenvalue weighted by Crippen LogP contribution is 2.30. The van der Waals surface area contributed by atoms with E-state index in [0.29, 0.717) is 5.92 Å². The van der Waals surface area contributed by atoms with E-state index >= 15 is 0 Å². The van der Waals surface area contributed by atoms with Gasteiger partial charge in [-0.25, -0.2) is 0 Å². The molecule has 3 unspecified atom stereocenters. The lowest BCUT2D eigenvalue weighted by Crippen LogP contribution is -2.19. The minimum Gasteiger partial charge on any atom is -0.103 e. The van der Waals surface area contributed by atoms with Crippen LogP contribution in [-0.4, -0.2) is 0 Å². The van der Waals surface area contributed by atoms with Crippen molar-refractivity contribution in [2.24, 2.45) is 17.8 Å². The highest BCUT2D eigenvalue weighted by molar-refractivity contribution is 4.84. The first-order chi connectivity index (χ1) is 6.21. The topological polar surface area (TPSA) is 0 Å². The summed E-state index contributed by atoms with van der Waals surface area (Å²) in [5, 5.41) is 0. The average molecular weight is 182 g/mol. The summed E-state index contributed by atoms with van der Waals surface area (Å²) in [6.07, 6.45) is 7.44. The number of hydrogen-bond donors (Lipinski definition) is 0. The van der Waals surface area contributed by atoms with Gasteiger partial charge in [-0.3, -0.25) is 0 Å². The summed E-state index contributed by atoms with van der Waals surface area (Å²) in [6.45, 7) is 13.1. The maximum absolute atomic E-state index is 3.91. The molecule has 3 atom stereocenters. The van der Waals surface area contributed by atoms with Gasteiger partial charge in [0.2, 0.25) is 0 Å². The van der Waals surface area contributed by atoms with Gasteiger partial charge in [0.1, 0.15) is 0 Å². The molecular formula is C13H26. The molecular weight excluding hydrogens is 156 g/mol. The minimum atomic E-state index is 0.682. The molecule has 0 aromatic rings. The van der Waals surface area contributed by atoms with E-state index in [1.165, 1.54) is 25.7 Å². The summed E-state index contributed by atoms with van der Waals surface area (Å²) in [6, 6.07) is 0. The molecule has 0 aromatic heterocycles. The fourth-order valence-corrected chi connectivity index (χ4v) is 2.40. The summed E-state index contributed by atoms with van der Waals surface area (Å²) < 4.78 is 0. The Bertz CT molecular complexity index is 126. The Labute approximate surface area is 84.4 Å². The van der Waals surface area contributed by atoms with Crippen molar-refractivity contribution in [1.29, 1.82) is 0 Å². The third kappa shape index (κ3) is 3.97. The van der Waals surface area contributed by atoms with Crippen LogP contribution in [0.5, 0.6) is 0 Å². The Balaban J connectivity index is 4.23. The second kappa shape index (κ2) is 7.17. The molecule has 0 amide bonds. The molecule has 0 radical (unpaired) electrons. The zero-order valence-electron chi connectivity index (χ0n) is 9.84. The van der Waals surface area contributed by atoms with Crippen LogP contribution in [-0.2, 0) is 0 Å². The third-order valence-corrected chi connectivity index (χ3v) is 3.31. The fourth-order valence-electron chi connectivity index (χ4n) is 2.40. The van der Waals surface area contributed by atoms with E-state index in [-0.39, 0.29) is 0 Å². The molecule has 0 heterocycles. The van der Waals surface area contributed by atoms with Gasteiger partial charge < -0.3 is 0 Å². The van der Waals surface area contributed by atoms with E-state index in [9.17, 15) is 0 Å². The number of allylic oxidation sites excluding steroid dienone is 1. The molecule has 0 bridgehead atoms. The van der Waals surface area contributed by atoms with Crippen LogP contribution in [0.1, 0.15) is 53.4 Å². The van der Waals surface area contributed by atoms with Gasteiger partial charge in [-0.05, 0) is 17.8 Å². The molecule has 0 rings (SSSR count). The molecule has 0 N–H and O–H groups in total. The number of hydrogen-bond acceptors (Lipinski definition) is 0. The van der Waals surface area contributed by atoms with Crippen LogP contribution in [0.2, 0.25) is 0 Å². The van der Waals surface area contributed by atoms with Crippen molar-refractivity contribution < 1.29 is 0 Å². The van der Waals surface area contributed by atoms with Crippen molar-refractivity contribution in [3.8, 4) is 0 Å². The van der Waals surface area contributed by atoms with E-state index in [0.717, 1.165) is 11.8 Å². The van der Waals surface area contributed by atoms with Crippen molar-refractivity contribution in [1.82, 2.24) is 0 Å². The van der Waals surface area contributed by atoms with E-state index in [2.05, 4.69) is 40.3 Å². The first-order valence-corrected chi connectivity index (χ1v) is 5.83. The highest BCUT2D eigenvalue weighted by atomic mass is 14.3. The smallest absolute Gasteiger partial charge is 0.0234 e. The van der Waals surface area contributed by atoms with Gasteiger partial charge >= 0.3 is 0 Å². The molecule has 0 saturated carbocycles. The first-order valence-electron chi connectivity index (χ1n) is 5.83. The lowest BCUT2D eigenvalue weighted by atomic mass is 9.77. The maximum Gasteiger partial charge on any atom is -0.0234 e. The Morgan fingerprint density at radius 1 is 1.15 bits per heavy atom. The molecule has 0 nitrogen and oxygen atoms in total. The van der Waals surface area contributed by atoms with E-state index in [1.807, 2.05) is 0 Å². The fraction of sp³-hybridized carbons (Fsp3) is 0.846. The van der Waals surface area contributed by atoms with Crippen LogP contribution >= 0.6 is 0 Å². The SMILES string of the molecule is C=CC(C)C(CC)C(CC)CCC. The van der Waals surface area contributed by atoms with Crippen LogP contribution in [0.15, 0.2) is 12.7 Å². The van der Waals surface area contributed by atoms with Crippen LogP contribution in [0, 0.1) is 17.8 Å². The third-order valence-electron chi connectivity index (χ3n) is 3.31. The predicted octanol–water partition coefficient (Wildman–Crippen LogP) is 4.66. The zero-order valence-corrected chi connectivity index (χ0v) is 9.84. The van der Waals surface area contributed by atoms with Gasteiger partial charge in [0, 0.05) is 0 Å². The van der Waals surface area contributed by atoms with E-state index < -0.39 is 0 Å². The zero-order chi connectivity index (χ0) is 10.3. The van der Waals surface area contributed by atoms with Crippen molar-refractivity contribution in [3.05, 3.63) is 12.7 Å². The van der Waals surface area contributed by atoms with Crippen LogP contribution in [0.25, 0.3) is 0 Å². The normalized spacial score (nSPS) is 17.8. The first kappa shape index (κ1) is 12.7. The summed E-state index contributed by atoms with van der Waals surface area (Å²) in [5.41, 5.74) is 0. The highest BCUT2D eigenvalue weighted by Gasteiger charge is 2.21. The van der Waals surface area contributed by atoms with Gasteiger partial charge in [0.15, 0.2) is 0 Å². The maximum atomic E-state index is 3.91. The molecule has 78 valence electrons. The van der Waals surface area contributed by atoms with E-state index in [1.54, 1.807) is 0 Å². The minimum absolute atomic E-state index is 0.682. The molecule has 0 aliphatic carbocycles. The van der Waals surface area contributed by atoms with Crippen molar-refractivity contribution in [2.45, 2.75) is 53.4 Å². The van der Waals surface area contributed by atoms with Crippen LogP contribution in [0.4, 0.5) is 0 Å². The van der Waals surface area contributed by atoms with Gasteiger partial charge in [0.05, 0.1) is 0 Å². The quantitative estimate of drug-likeness (QED) is 0.502. The average Bonchev–Trinajstić information content (AvgIpc) is 2.17. The largest absolute Gasteiger partial charge is 0.103 e. The van der Waals surface area contributed by atoms with Gasteiger partial charge in [-0.15, -0.1) is 6.58 Å². The molecule has 0 fully saturated rings. The van der Waals surface area contributed by atoms with Crippen molar-refractivity contribution >= 4 is 0 Å². The molecule has 0 aromatic carbocycles. The molecule has 0 aliphatic heterocycles. The second-order valence-corrected chi connectivity index (χ2v) is 4.12. The lowest BCUT2D eigenvalue weighted by Gasteiger charge is -2.28. The summed E-state index contributed by atoms with van der Waals surface area (Å²) >= 11 is 0. The summed E-state index contributed by atoms with van der Waals surface area (Å²) in [5.74, 6) is 2.44. The Hall–Kier alpha value is -0.260. The predicted molar refractivity (Wildman–Crippen MR) is 61.8 cm³/mol. The summed E-state index contributed by atoms with van der Waals surface area (Å²) in [4.78, 5) is 0. The molecule has 0 aliphatic rings. The van der Waals surface area contributed by atoms with Crippen LogP contribution < -0.4 is 0 Å². The van der Waals surface area contributed by atoms with Crippen molar-refractivity contribution in [3.63, 3.8) is 0 Å². The Kier molecular flexibility index (Phi) is 7.03. The monoisotopic (exact) mass is 182 g/mol. The number of rotatable bonds is 7. The standard InChI is InChI=1S/C13H26/c1-6-10-12(8-3)13(9-4)11(5)7-2/h7,11-13H,2,6,8-10H2,1,3-5H3. The Morgan fingerprint density at radius 2 is 1.77 bits per heavy atom. The Morgan fingerprint density at radius 3 is 2.08 bits per heavy atom. The van der Waals surface area contributed by atoms with E-state index in [4.69, 9.17) is 0 Å². The van der Waals surface area contributed by atoms with Crippen molar-refractivity contribution in [2.75, 3.05) is 0 Å². The van der Waals surface area contributed by atoms with Crippen LogP contribution in [0.3, 0.4) is 0 Å². The molecule has 0 saturated heterocycles. The van der Waals surface area contributed by atoms with Gasteiger partial charge in [-0.1, -0.05) is 59.5 Å². The second-order valence-electron chi connectivity index (χ2n) is 4.12. The lowest BCUT2D eigenvalue weighted by molar-refractivity contribution is 0.242. The summed E-state index contributed by atoms with van der Waals surface area (Å²) in [7, 11) is 0. The molecule has 13 heavy (non-hydrogen) atoms. The molecule has 0 spiro atoms. The van der Waals surface area contributed by atoms with Gasteiger partial charge in [-0.2, -0.15) is 0 Å². The molecule has 0 heteroatoms. The van der Waals surface area contributed by atoms with Gasteiger partial charge in [0.25, 0.3) is 0 Å².